The number of hydrogen-bond donors (Lipinski definition) is 4. The Hall–Kier alpha value is -3.68. The number of carboxylic acids is 2. The van der Waals surface area contributed by atoms with E-state index in [2.05, 4.69) is 15.5 Å². The number of thioether (sulfide) groups is 1. The van der Waals surface area contributed by atoms with Crippen LogP contribution in [0.15, 0.2) is 52.0 Å². The van der Waals surface area contributed by atoms with Crippen LogP contribution in [0.5, 0.6) is 0 Å². The van der Waals surface area contributed by atoms with Gasteiger partial charge in [0.15, 0.2) is 12.4 Å². The van der Waals surface area contributed by atoms with Crippen LogP contribution in [0.25, 0.3) is 0 Å². The van der Waals surface area contributed by atoms with Crippen LogP contribution in [0, 0.1) is 0 Å². The molecule has 0 unspecified atom stereocenters. The molecule has 4 heterocycles. The van der Waals surface area contributed by atoms with Gasteiger partial charge in [-0.15, -0.1) is 0 Å². The van der Waals surface area contributed by atoms with E-state index in [9.17, 15) is 29.4 Å². The molecule has 2 atom stereocenters. The summed E-state index contributed by atoms with van der Waals surface area (Å²) in [5, 5.41) is 24.8. The van der Waals surface area contributed by atoms with Gasteiger partial charge in [0.05, 0.1) is 0 Å². The van der Waals surface area contributed by atoms with Gasteiger partial charge in [-0.3, -0.25) is 0 Å². The van der Waals surface area contributed by atoms with Gasteiger partial charge < -0.3 is 0 Å². The van der Waals surface area contributed by atoms with Crippen molar-refractivity contribution in [1.29, 1.82) is 0 Å². The maximum absolute atomic E-state index is 13.1. The summed E-state index contributed by atoms with van der Waals surface area (Å²) >= 11 is 1.01. The first-order valence-corrected chi connectivity index (χ1v) is 13.7. The summed E-state index contributed by atoms with van der Waals surface area (Å²) in [6, 6.07) is 4.46. The van der Waals surface area contributed by atoms with Crippen molar-refractivity contribution in [3.63, 3.8) is 0 Å². The van der Waals surface area contributed by atoms with E-state index in [0.29, 0.717) is 17.9 Å². The number of oxime groups is 1. The number of aromatic nitrogens is 2. The summed E-state index contributed by atoms with van der Waals surface area (Å²) in [5.41, 5.74) is 4.23. The zero-order valence-corrected chi connectivity index (χ0v) is 22.2. The van der Waals surface area contributed by atoms with E-state index < -0.39 is 40.8 Å². The number of nitrogens with zero attached hydrogens (tertiary/aromatic N) is 4. The molecule has 5 N–H and O–H groups in total. The number of nitrogens with one attached hydrogen (secondary N) is 1. The first kappa shape index (κ1) is 26.4. The molecule has 194 valence electrons. The summed E-state index contributed by atoms with van der Waals surface area (Å²) in [6.45, 7) is 2.82. The van der Waals surface area contributed by atoms with Crippen LogP contribution in [-0.4, -0.2) is 86.8 Å². The van der Waals surface area contributed by atoms with E-state index in [1.807, 2.05) is 22.8 Å². The molecule has 1 saturated heterocycles. The molecule has 1 fully saturated rings. The third-order valence-corrected chi connectivity index (χ3v) is 8.30. The predicted octanol–water partition coefficient (Wildman–Crippen LogP) is -0.969. The minimum absolute atomic E-state index is 0.101. The molecule has 0 aliphatic carbocycles. The Labute approximate surface area is 220 Å². The first-order valence-electron chi connectivity index (χ1n) is 10.9. The normalized spacial score (nSPS) is 19.7. The molecule has 2 aliphatic rings. The molecular formula is C22H23N6O7SSe+. The van der Waals surface area contributed by atoms with Gasteiger partial charge in [0, 0.05) is 12.1 Å². The Balaban J connectivity index is 1.55. The molecule has 2 amide bonds. The monoisotopic (exact) mass is 595 g/mol. The van der Waals surface area contributed by atoms with Crippen LogP contribution < -0.4 is 15.6 Å². The fraction of sp³-hybridized carbons (Fsp3) is 0.318. The minimum atomic E-state index is -1.73. The number of β-lactam (4-membered cyclic amide) rings is 1. The van der Waals surface area contributed by atoms with Crippen LogP contribution in [0.2, 0.25) is 0 Å². The molecule has 0 spiro atoms. The summed E-state index contributed by atoms with van der Waals surface area (Å²) in [5.74, 6) is -3.60. The SMILES string of the molecule is CC(C)(ON=C(C(=O)N[C@@H]1C(=O)N2C(C(=O)O)=C(C[n+]3ccccc3)CS[C@H]12)c1c[se]c(N)n1)C(=O)O. The van der Waals surface area contributed by atoms with Gasteiger partial charge >= 0.3 is 190 Å². The summed E-state index contributed by atoms with van der Waals surface area (Å²) in [4.78, 5) is 61.6. The van der Waals surface area contributed by atoms with Gasteiger partial charge in [0.2, 0.25) is 0 Å². The molecule has 0 radical (unpaired) electrons. The summed E-state index contributed by atoms with van der Waals surface area (Å²) < 4.78 is 2.10. The van der Waals surface area contributed by atoms with Crippen molar-refractivity contribution in [2.45, 2.75) is 37.4 Å². The zero-order chi connectivity index (χ0) is 26.9. The topological polar surface area (TPSA) is 188 Å². The average molecular weight is 594 g/mol. The van der Waals surface area contributed by atoms with Crippen molar-refractivity contribution in [3.8, 4) is 0 Å². The number of nitrogen functional groups attached to an aromatic ring is 1. The van der Waals surface area contributed by atoms with Gasteiger partial charge in [-0.25, -0.2) is 0 Å². The number of hydrogen-bond acceptors (Lipinski definition) is 9. The number of fused-ring (bicyclic) bond motifs is 1. The number of carbonyl (C=O) groups is 4. The van der Waals surface area contributed by atoms with Gasteiger partial charge in [-0.05, 0) is 0 Å². The van der Waals surface area contributed by atoms with Crippen LogP contribution >= 0.6 is 11.8 Å². The van der Waals surface area contributed by atoms with Crippen molar-refractivity contribution in [2.75, 3.05) is 11.5 Å². The fourth-order valence-electron chi connectivity index (χ4n) is 3.57. The van der Waals surface area contributed by atoms with Gasteiger partial charge in [0.25, 0.3) is 0 Å². The number of carbonyl (C=O) groups excluding carboxylic acids is 2. The third-order valence-electron chi connectivity index (χ3n) is 5.55. The predicted molar refractivity (Wildman–Crippen MR) is 131 cm³/mol. The number of nitrogens with two attached hydrogens (primary N) is 1. The molecule has 0 bridgehead atoms. The van der Waals surface area contributed by atoms with Crippen molar-refractivity contribution in [3.05, 3.63) is 52.5 Å². The van der Waals surface area contributed by atoms with Crippen molar-refractivity contribution < 1.29 is 38.8 Å². The third kappa shape index (κ3) is 5.38. The molecule has 4 rings (SSSR count). The molecule has 2 aromatic heterocycles. The standard InChI is InChI=1S/C22H22N6O7SSe/c1-22(2,20(33)34)35-26-13(12-10-37-21(23)24-12)16(29)25-14-17(30)28-15(19(31)32)11(9-36-18(14)28)8-27-6-4-3-5-7-27/h3-7,10,14,18H,8-9H2,1-2H3,(H4-,23,24,25,29,31,32,33,34)/p+1/t14-,18-/m1/s1. The fourth-order valence-corrected chi connectivity index (χ4v) is 6.06. The van der Waals surface area contributed by atoms with Gasteiger partial charge in [-0.2, -0.15) is 0 Å². The second-order valence-corrected chi connectivity index (χ2v) is 11.6. The van der Waals surface area contributed by atoms with Crippen LogP contribution in [0.4, 0.5) is 4.69 Å². The van der Waals surface area contributed by atoms with E-state index in [1.54, 1.807) is 17.3 Å². The number of anilines is 1. The summed E-state index contributed by atoms with van der Waals surface area (Å²) in [7, 11) is 0. The van der Waals surface area contributed by atoms with Crippen molar-refractivity contribution >= 4 is 60.4 Å². The van der Waals surface area contributed by atoms with Crippen LogP contribution in [0.1, 0.15) is 19.5 Å². The van der Waals surface area contributed by atoms with Crippen LogP contribution in [-0.2, 0) is 30.6 Å². The number of amides is 2. The van der Waals surface area contributed by atoms with Gasteiger partial charge in [0.1, 0.15) is 0 Å². The summed E-state index contributed by atoms with van der Waals surface area (Å²) in [6.07, 6.45) is 3.60. The molecule has 15 heteroatoms. The van der Waals surface area contributed by atoms with E-state index in [4.69, 9.17) is 10.6 Å². The Morgan fingerprint density at radius 3 is 2.62 bits per heavy atom. The molecular weight excluding hydrogens is 571 g/mol. The van der Waals surface area contributed by atoms with Crippen LogP contribution in [0.3, 0.4) is 0 Å². The van der Waals surface area contributed by atoms with E-state index in [1.165, 1.54) is 30.5 Å². The van der Waals surface area contributed by atoms with Crippen molar-refractivity contribution in [1.82, 2.24) is 15.2 Å². The number of rotatable bonds is 9. The average Bonchev–Trinajstić information content (AvgIpc) is 3.28. The molecule has 0 aromatic carbocycles. The Bertz CT molecular complexity index is 1330. The number of carboxylic acid groups (broad SMARTS) is 2. The van der Waals surface area contributed by atoms with E-state index >= 15 is 0 Å². The van der Waals surface area contributed by atoms with Crippen molar-refractivity contribution in [2.24, 2.45) is 5.16 Å². The molecule has 13 nitrogen and oxygen atoms in total. The number of aliphatic carboxylic acids is 2. The zero-order valence-electron chi connectivity index (χ0n) is 19.7. The Morgan fingerprint density at radius 1 is 1.32 bits per heavy atom. The van der Waals surface area contributed by atoms with E-state index in [0.717, 1.165) is 0 Å². The molecule has 0 saturated carbocycles. The Morgan fingerprint density at radius 2 is 2.03 bits per heavy atom. The molecule has 37 heavy (non-hydrogen) atoms. The maximum atomic E-state index is 13.1. The molecule has 2 aliphatic heterocycles. The van der Waals surface area contributed by atoms with Gasteiger partial charge in [-0.1, -0.05) is 6.07 Å². The first-order chi connectivity index (χ1) is 17.5. The molecule has 2 aromatic rings. The second kappa shape index (κ2) is 10.4. The number of pyridine rings is 1. The van der Waals surface area contributed by atoms with E-state index in [-0.39, 0.29) is 36.3 Å². The quantitative estimate of drug-likeness (QED) is 0.0925. The second-order valence-electron chi connectivity index (χ2n) is 8.58. The Kier molecular flexibility index (Phi) is 7.39.